The van der Waals surface area contributed by atoms with Crippen LogP contribution in [0.25, 0.3) is 0 Å². The number of fused-ring (bicyclic) bond motifs is 5. The molecule has 6 fully saturated rings. The van der Waals surface area contributed by atoms with E-state index in [1.807, 2.05) is 0 Å². The summed E-state index contributed by atoms with van der Waals surface area (Å²) in [4.78, 5) is 39.2. The SMILES string of the molecule is O=C(CN1C(=O)C2C3C=CC(C3)C2C1=O)NCCC12CC3CC(CC(C3)C1)C2. The Morgan fingerprint density at radius 1 is 0.929 bits per heavy atom. The molecule has 7 rings (SSSR count). The second kappa shape index (κ2) is 5.93. The fraction of sp³-hybridized carbons (Fsp3) is 0.783. The molecule has 5 nitrogen and oxygen atoms in total. The maximum Gasteiger partial charge on any atom is 0.240 e. The average Bonchev–Trinajstić information content (AvgIpc) is 3.30. The molecule has 150 valence electrons. The molecule has 6 bridgehead atoms. The van der Waals surface area contributed by atoms with Crippen LogP contribution in [-0.2, 0) is 14.4 Å². The van der Waals surface area contributed by atoms with Crippen LogP contribution in [0.4, 0.5) is 0 Å². The number of allylic oxidation sites excluding steroid dienone is 2. The first-order valence-corrected chi connectivity index (χ1v) is 11.3. The first-order valence-electron chi connectivity index (χ1n) is 11.3. The van der Waals surface area contributed by atoms with Crippen molar-refractivity contribution >= 4 is 17.7 Å². The number of hydrogen-bond acceptors (Lipinski definition) is 3. The van der Waals surface area contributed by atoms with Gasteiger partial charge in [0.15, 0.2) is 0 Å². The van der Waals surface area contributed by atoms with Crippen LogP contribution in [0.3, 0.4) is 0 Å². The van der Waals surface area contributed by atoms with Crippen LogP contribution >= 0.6 is 0 Å². The second-order valence-corrected chi connectivity index (χ2v) is 10.8. The van der Waals surface area contributed by atoms with E-state index >= 15 is 0 Å². The lowest BCUT2D eigenvalue weighted by atomic mass is 9.49. The van der Waals surface area contributed by atoms with Crippen molar-refractivity contribution in [3.05, 3.63) is 12.2 Å². The van der Waals surface area contributed by atoms with Crippen LogP contribution in [0.1, 0.15) is 51.4 Å². The number of nitrogens with one attached hydrogen (secondary N) is 1. The summed E-state index contributed by atoms with van der Waals surface area (Å²) in [7, 11) is 0. The number of amides is 3. The lowest BCUT2D eigenvalue weighted by Crippen LogP contribution is -2.48. The fourth-order valence-electron chi connectivity index (χ4n) is 8.38. The first kappa shape index (κ1) is 17.2. The van der Waals surface area contributed by atoms with E-state index in [-0.39, 0.29) is 47.9 Å². The van der Waals surface area contributed by atoms with Gasteiger partial charge in [0, 0.05) is 6.54 Å². The van der Waals surface area contributed by atoms with Gasteiger partial charge in [-0.05, 0) is 86.4 Å². The van der Waals surface area contributed by atoms with Gasteiger partial charge in [0.1, 0.15) is 6.54 Å². The Bertz CT molecular complexity index is 707. The van der Waals surface area contributed by atoms with E-state index in [4.69, 9.17) is 0 Å². The molecule has 3 amide bonds. The molecule has 7 aliphatic rings. The highest BCUT2D eigenvalue weighted by Crippen LogP contribution is 2.61. The molecule has 1 heterocycles. The van der Waals surface area contributed by atoms with Crippen molar-refractivity contribution in [1.29, 1.82) is 0 Å². The van der Waals surface area contributed by atoms with Crippen molar-refractivity contribution in [3.8, 4) is 0 Å². The number of imide groups is 1. The number of hydrogen-bond donors (Lipinski definition) is 1. The molecule has 4 unspecified atom stereocenters. The predicted molar refractivity (Wildman–Crippen MR) is 103 cm³/mol. The molecule has 4 atom stereocenters. The summed E-state index contributed by atoms with van der Waals surface area (Å²) in [6.07, 6.45) is 14.5. The van der Waals surface area contributed by atoms with Crippen LogP contribution < -0.4 is 5.32 Å². The molecule has 0 aromatic carbocycles. The minimum absolute atomic E-state index is 0.0923. The van der Waals surface area contributed by atoms with Gasteiger partial charge in [0.2, 0.25) is 17.7 Å². The van der Waals surface area contributed by atoms with E-state index in [9.17, 15) is 14.4 Å². The van der Waals surface area contributed by atoms with Gasteiger partial charge in [-0.1, -0.05) is 12.2 Å². The first-order chi connectivity index (χ1) is 13.5. The Labute approximate surface area is 166 Å². The highest BCUT2D eigenvalue weighted by atomic mass is 16.2. The Hall–Kier alpha value is -1.65. The predicted octanol–water partition coefficient (Wildman–Crippen LogP) is 2.52. The van der Waals surface area contributed by atoms with Crippen molar-refractivity contribution < 1.29 is 14.4 Å². The fourth-order valence-corrected chi connectivity index (χ4v) is 8.38. The highest BCUT2D eigenvalue weighted by molar-refractivity contribution is 6.08. The largest absolute Gasteiger partial charge is 0.355 e. The number of likely N-dealkylation sites (tertiary alicyclic amines) is 1. The Balaban J connectivity index is 1.04. The third-order valence-electron chi connectivity index (χ3n) is 9.01. The summed E-state index contributed by atoms with van der Waals surface area (Å²) in [5.41, 5.74) is 0.448. The summed E-state index contributed by atoms with van der Waals surface area (Å²) >= 11 is 0. The third kappa shape index (κ3) is 2.47. The van der Waals surface area contributed by atoms with Crippen LogP contribution in [0, 0.1) is 46.8 Å². The van der Waals surface area contributed by atoms with E-state index in [0.717, 1.165) is 30.6 Å². The lowest BCUT2D eigenvalue weighted by molar-refractivity contribution is -0.144. The molecular formula is C23H30N2O3. The van der Waals surface area contributed by atoms with Gasteiger partial charge in [-0.2, -0.15) is 0 Å². The molecule has 5 heteroatoms. The highest BCUT2D eigenvalue weighted by Gasteiger charge is 2.59. The molecule has 0 aromatic rings. The molecule has 0 aromatic heterocycles. The normalized spacial score (nSPS) is 47.3. The minimum Gasteiger partial charge on any atom is -0.355 e. The monoisotopic (exact) mass is 382 g/mol. The Morgan fingerprint density at radius 2 is 1.46 bits per heavy atom. The number of rotatable bonds is 5. The zero-order valence-corrected chi connectivity index (χ0v) is 16.4. The van der Waals surface area contributed by atoms with Gasteiger partial charge in [0.25, 0.3) is 0 Å². The van der Waals surface area contributed by atoms with E-state index in [0.29, 0.717) is 12.0 Å². The summed E-state index contributed by atoms with van der Waals surface area (Å²) in [6, 6.07) is 0. The Morgan fingerprint density at radius 3 is 2.00 bits per heavy atom. The summed E-state index contributed by atoms with van der Waals surface area (Å²) in [6.45, 7) is 0.589. The molecule has 0 spiro atoms. The average molecular weight is 383 g/mol. The van der Waals surface area contributed by atoms with E-state index in [1.54, 1.807) is 0 Å². The summed E-state index contributed by atoms with van der Waals surface area (Å²) in [5.74, 6) is 2.34. The van der Waals surface area contributed by atoms with E-state index in [2.05, 4.69) is 17.5 Å². The van der Waals surface area contributed by atoms with Gasteiger partial charge >= 0.3 is 0 Å². The van der Waals surface area contributed by atoms with E-state index < -0.39 is 0 Å². The maximum atomic E-state index is 12.7. The molecular weight excluding hydrogens is 352 g/mol. The zero-order valence-electron chi connectivity index (χ0n) is 16.4. The molecule has 6 aliphatic carbocycles. The minimum atomic E-state index is -0.206. The Kier molecular flexibility index (Phi) is 3.65. The van der Waals surface area contributed by atoms with Crippen LogP contribution in [0.2, 0.25) is 0 Å². The van der Waals surface area contributed by atoms with Crippen molar-refractivity contribution in [2.45, 2.75) is 51.4 Å². The van der Waals surface area contributed by atoms with Gasteiger partial charge in [-0.15, -0.1) is 0 Å². The molecule has 28 heavy (non-hydrogen) atoms. The third-order valence-corrected chi connectivity index (χ3v) is 9.01. The van der Waals surface area contributed by atoms with Gasteiger partial charge < -0.3 is 5.32 Å². The standard InChI is InChI=1S/C23H30N2O3/c26-18(12-25-21(27)19-16-1-2-17(8-16)20(19)22(25)28)24-4-3-23-9-13-5-14(10-23)7-15(6-13)11-23/h1-2,13-17,19-20H,3-12H2,(H,24,26). The number of carbonyl (C=O) groups excluding carboxylic acids is 3. The molecule has 1 N–H and O–H groups in total. The van der Waals surface area contributed by atoms with Gasteiger partial charge in [0.05, 0.1) is 11.8 Å². The van der Waals surface area contributed by atoms with Crippen LogP contribution in [0.15, 0.2) is 12.2 Å². The van der Waals surface area contributed by atoms with Crippen molar-refractivity contribution in [2.75, 3.05) is 13.1 Å². The van der Waals surface area contributed by atoms with Crippen LogP contribution in [-0.4, -0.2) is 35.7 Å². The van der Waals surface area contributed by atoms with Crippen LogP contribution in [0.5, 0.6) is 0 Å². The quantitative estimate of drug-likeness (QED) is 0.587. The number of nitrogens with zero attached hydrogens (tertiary/aromatic N) is 1. The summed E-state index contributed by atoms with van der Waals surface area (Å²) < 4.78 is 0. The summed E-state index contributed by atoms with van der Waals surface area (Å²) in [5, 5.41) is 3.03. The smallest absolute Gasteiger partial charge is 0.240 e. The number of carbonyl (C=O) groups is 3. The van der Waals surface area contributed by atoms with Crippen molar-refractivity contribution in [2.24, 2.45) is 46.8 Å². The van der Waals surface area contributed by atoms with Crippen molar-refractivity contribution in [1.82, 2.24) is 10.2 Å². The molecule has 1 aliphatic heterocycles. The molecule has 5 saturated carbocycles. The molecule has 0 radical (unpaired) electrons. The lowest BCUT2D eigenvalue weighted by Gasteiger charge is -2.57. The second-order valence-electron chi connectivity index (χ2n) is 10.8. The van der Waals surface area contributed by atoms with Gasteiger partial charge in [-0.25, -0.2) is 0 Å². The zero-order chi connectivity index (χ0) is 19.0. The van der Waals surface area contributed by atoms with Gasteiger partial charge in [-0.3, -0.25) is 19.3 Å². The molecule has 1 saturated heterocycles. The van der Waals surface area contributed by atoms with Crippen molar-refractivity contribution in [3.63, 3.8) is 0 Å². The maximum absolute atomic E-state index is 12.7. The topological polar surface area (TPSA) is 66.5 Å². The van der Waals surface area contributed by atoms with E-state index in [1.165, 1.54) is 43.4 Å².